The molecule has 0 aliphatic rings. The highest BCUT2D eigenvalue weighted by atomic mass is 35.5. The van der Waals surface area contributed by atoms with Crippen molar-refractivity contribution in [3.8, 4) is 0 Å². The van der Waals surface area contributed by atoms with Gasteiger partial charge in [0.1, 0.15) is 5.02 Å². The maximum absolute atomic E-state index is 12.8. The molecule has 0 saturated heterocycles. The number of unbranched alkanes of at least 4 members (excludes halogenated alkanes) is 1. The van der Waals surface area contributed by atoms with Crippen LogP contribution in [-0.2, 0) is 19.3 Å². The maximum Gasteiger partial charge on any atom is 0.417 e. The molecule has 0 amide bonds. The van der Waals surface area contributed by atoms with E-state index in [1.54, 1.807) is 0 Å². The standard InChI is InChI=1S/C12H13ClF3N5O/c1-2-3-4-21-10(17-18-19-21)7-20-6-8(12(14,15)16)5-9(13)11(20)22/h5-6H,2-4,7H2,1H3. The van der Waals surface area contributed by atoms with E-state index in [9.17, 15) is 18.0 Å². The Morgan fingerprint density at radius 1 is 1.36 bits per heavy atom. The normalized spacial score (nSPS) is 11.9. The Morgan fingerprint density at radius 2 is 2.09 bits per heavy atom. The Labute approximate surface area is 128 Å². The lowest BCUT2D eigenvalue weighted by Crippen LogP contribution is -2.25. The molecule has 0 bridgehead atoms. The summed E-state index contributed by atoms with van der Waals surface area (Å²) in [6, 6.07) is 0.612. The average molecular weight is 336 g/mol. The molecular formula is C12H13ClF3N5O. The number of nitrogens with zero attached hydrogens (tertiary/aromatic N) is 5. The predicted molar refractivity (Wildman–Crippen MR) is 72.5 cm³/mol. The quantitative estimate of drug-likeness (QED) is 0.841. The average Bonchev–Trinajstić information content (AvgIpc) is 2.87. The third kappa shape index (κ3) is 3.65. The molecule has 2 rings (SSSR count). The second-order valence-electron chi connectivity index (χ2n) is 4.68. The van der Waals surface area contributed by atoms with Crippen LogP contribution in [0.1, 0.15) is 31.2 Å². The fourth-order valence-corrected chi connectivity index (χ4v) is 2.07. The van der Waals surface area contributed by atoms with Crippen LogP contribution in [0.2, 0.25) is 5.02 Å². The van der Waals surface area contributed by atoms with Crippen molar-refractivity contribution in [1.82, 2.24) is 24.8 Å². The van der Waals surface area contributed by atoms with E-state index in [0.717, 1.165) is 17.4 Å². The summed E-state index contributed by atoms with van der Waals surface area (Å²) in [4.78, 5) is 11.9. The third-order valence-electron chi connectivity index (χ3n) is 3.01. The lowest BCUT2D eigenvalue weighted by Gasteiger charge is -2.11. The molecule has 0 saturated carbocycles. The largest absolute Gasteiger partial charge is 0.417 e. The molecule has 0 N–H and O–H groups in total. The van der Waals surface area contributed by atoms with Gasteiger partial charge in [-0.1, -0.05) is 24.9 Å². The summed E-state index contributed by atoms with van der Waals surface area (Å²) in [5, 5.41) is 10.5. The van der Waals surface area contributed by atoms with E-state index in [0.29, 0.717) is 24.6 Å². The van der Waals surface area contributed by atoms with Gasteiger partial charge >= 0.3 is 6.18 Å². The molecule has 2 heterocycles. The van der Waals surface area contributed by atoms with Crippen LogP contribution in [0.5, 0.6) is 0 Å². The SMILES string of the molecule is CCCCn1nnnc1Cn1cc(C(F)(F)F)cc(Cl)c1=O. The zero-order chi connectivity index (χ0) is 16.3. The lowest BCUT2D eigenvalue weighted by molar-refractivity contribution is -0.138. The number of hydrogen-bond donors (Lipinski definition) is 0. The van der Waals surface area contributed by atoms with Gasteiger partial charge in [0.15, 0.2) is 5.82 Å². The van der Waals surface area contributed by atoms with E-state index >= 15 is 0 Å². The lowest BCUT2D eigenvalue weighted by atomic mass is 10.2. The molecule has 0 spiro atoms. The van der Waals surface area contributed by atoms with Crippen molar-refractivity contribution in [1.29, 1.82) is 0 Å². The highest BCUT2D eigenvalue weighted by molar-refractivity contribution is 6.30. The van der Waals surface area contributed by atoms with Crippen LogP contribution >= 0.6 is 11.6 Å². The molecule has 0 fully saturated rings. The first-order valence-corrected chi connectivity index (χ1v) is 6.93. The molecule has 2 aromatic rings. The molecule has 0 aliphatic heterocycles. The van der Waals surface area contributed by atoms with Gasteiger partial charge in [-0.15, -0.1) is 5.10 Å². The molecule has 22 heavy (non-hydrogen) atoms. The van der Waals surface area contributed by atoms with Crippen LogP contribution in [0.3, 0.4) is 0 Å². The van der Waals surface area contributed by atoms with Gasteiger partial charge in [0.05, 0.1) is 12.1 Å². The monoisotopic (exact) mass is 335 g/mol. The van der Waals surface area contributed by atoms with E-state index in [2.05, 4.69) is 15.5 Å². The highest BCUT2D eigenvalue weighted by Crippen LogP contribution is 2.29. The van der Waals surface area contributed by atoms with Crippen molar-refractivity contribution in [2.24, 2.45) is 0 Å². The topological polar surface area (TPSA) is 65.6 Å². The van der Waals surface area contributed by atoms with Gasteiger partial charge in [-0.3, -0.25) is 4.79 Å². The number of aromatic nitrogens is 5. The molecule has 6 nitrogen and oxygen atoms in total. The maximum atomic E-state index is 12.8. The first-order valence-electron chi connectivity index (χ1n) is 6.55. The first-order chi connectivity index (χ1) is 10.3. The minimum absolute atomic E-state index is 0.181. The first kappa shape index (κ1) is 16.5. The number of hydrogen-bond acceptors (Lipinski definition) is 4. The van der Waals surface area contributed by atoms with Crippen molar-refractivity contribution < 1.29 is 13.2 Å². The summed E-state index contributed by atoms with van der Waals surface area (Å²) in [6.45, 7) is 2.33. The number of tetrazole rings is 1. The Hall–Kier alpha value is -1.90. The van der Waals surface area contributed by atoms with Gasteiger partial charge in [0.2, 0.25) is 0 Å². The number of halogens is 4. The van der Waals surface area contributed by atoms with Crippen LogP contribution in [0.15, 0.2) is 17.1 Å². The fraction of sp³-hybridized carbons (Fsp3) is 0.500. The highest BCUT2D eigenvalue weighted by Gasteiger charge is 2.32. The number of alkyl halides is 3. The molecule has 0 radical (unpaired) electrons. The summed E-state index contributed by atoms with van der Waals surface area (Å²) < 4.78 is 40.7. The number of pyridine rings is 1. The zero-order valence-corrected chi connectivity index (χ0v) is 12.4. The molecule has 0 atom stereocenters. The molecule has 0 aromatic carbocycles. The Bertz CT molecular complexity index is 710. The number of rotatable bonds is 5. The molecular weight excluding hydrogens is 323 g/mol. The van der Waals surface area contributed by atoms with Gasteiger partial charge < -0.3 is 4.57 Å². The van der Waals surface area contributed by atoms with Gasteiger partial charge in [0, 0.05) is 12.7 Å². The summed E-state index contributed by atoms with van der Waals surface area (Å²) in [5.41, 5.74) is -1.72. The smallest absolute Gasteiger partial charge is 0.306 e. The van der Waals surface area contributed by atoms with Crippen molar-refractivity contribution in [2.75, 3.05) is 0 Å². The van der Waals surface area contributed by atoms with Gasteiger partial charge in [-0.25, -0.2) is 4.68 Å². The van der Waals surface area contributed by atoms with E-state index in [1.807, 2.05) is 6.92 Å². The molecule has 0 unspecified atom stereocenters. The summed E-state index contributed by atoms with van der Waals surface area (Å²) in [7, 11) is 0. The Balaban J connectivity index is 2.36. The van der Waals surface area contributed by atoms with Crippen molar-refractivity contribution in [3.63, 3.8) is 0 Å². The summed E-state index contributed by atoms with van der Waals surface area (Å²) >= 11 is 5.60. The third-order valence-corrected chi connectivity index (χ3v) is 3.28. The van der Waals surface area contributed by atoms with E-state index in [-0.39, 0.29) is 6.54 Å². The zero-order valence-electron chi connectivity index (χ0n) is 11.6. The second kappa shape index (κ2) is 6.47. The van der Waals surface area contributed by atoms with Crippen LogP contribution in [-0.4, -0.2) is 24.8 Å². The van der Waals surface area contributed by atoms with E-state index in [4.69, 9.17) is 11.6 Å². The van der Waals surface area contributed by atoms with Crippen LogP contribution in [0, 0.1) is 0 Å². The molecule has 0 aliphatic carbocycles. The summed E-state index contributed by atoms with van der Waals surface area (Å²) in [6.07, 6.45) is -2.15. The van der Waals surface area contributed by atoms with Crippen LogP contribution in [0.4, 0.5) is 13.2 Å². The summed E-state index contributed by atoms with van der Waals surface area (Å²) in [5.74, 6) is 0.297. The van der Waals surface area contributed by atoms with Crippen LogP contribution < -0.4 is 5.56 Å². The molecule has 10 heteroatoms. The van der Waals surface area contributed by atoms with E-state index < -0.39 is 22.3 Å². The van der Waals surface area contributed by atoms with Crippen molar-refractivity contribution >= 4 is 11.6 Å². The molecule has 120 valence electrons. The van der Waals surface area contributed by atoms with E-state index in [1.165, 1.54) is 4.68 Å². The Morgan fingerprint density at radius 3 is 2.73 bits per heavy atom. The molecule has 2 aromatic heterocycles. The predicted octanol–water partition coefficient (Wildman–Crippen LogP) is 2.36. The Kier molecular flexibility index (Phi) is 4.84. The van der Waals surface area contributed by atoms with Gasteiger partial charge in [-0.05, 0) is 22.9 Å². The number of aryl methyl sites for hydroxylation is 1. The second-order valence-corrected chi connectivity index (χ2v) is 5.09. The van der Waals surface area contributed by atoms with Crippen molar-refractivity contribution in [3.05, 3.63) is 39.0 Å². The van der Waals surface area contributed by atoms with Crippen LogP contribution in [0.25, 0.3) is 0 Å². The minimum Gasteiger partial charge on any atom is -0.306 e. The fourth-order valence-electron chi connectivity index (χ4n) is 1.84. The van der Waals surface area contributed by atoms with Crippen molar-refractivity contribution in [2.45, 2.75) is 39.0 Å². The van der Waals surface area contributed by atoms with Gasteiger partial charge in [-0.2, -0.15) is 13.2 Å². The van der Waals surface area contributed by atoms with Gasteiger partial charge in [0.25, 0.3) is 5.56 Å². The minimum atomic E-state index is -4.59.